The van der Waals surface area contributed by atoms with Gasteiger partial charge < -0.3 is 26.8 Å². The van der Waals surface area contributed by atoms with Crippen molar-refractivity contribution in [2.45, 2.75) is 55.7 Å². The molecular formula is C35H39N5O7S. The number of nitrogens with two attached hydrogens (primary N) is 1. The summed E-state index contributed by atoms with van der Waals surface area (Å²) in [5.41, 5.74) is 6.57. The van der Waals surface area contributed by atoms with E-state index in [-0.39, 0.29) is 22.6 Å². The summed E-state index contributed by atoms with van der Waals surface area (Å²) in [4.78, 5) is 55.6. The smallest absolute Gasteiger partial charge is 0.270 e. The molecule has 0 spiro atoms. The highest BCUT2D eigenvalue weighted by molar-refractivity contribution is 7.91. The molecular weight excluding hydrogens is 634 g/mol. The topological polar surface area (TPSA) is 198 Å². The average Bonchev–Trinajstić information content (AvgIpc) is 3.07. The first kappa shape index (κ1) is 35.7. The van der Waals surface area contributed by atoms with Crippen LogP contribution in [-0.4, -0.2) is 72.6 Å². The lowest BCUT2D eigenvalue weighted by atomic mass is 10.0. The predicted octanol–water partition coefficient (Wildman–Crippen LogP) is 2.30. The van der Waals surface area contributed by atoms with Crippen LogP contribution >= 0.6 is 0 Å². The first-order valence-corrected chi connectivity index (χ1v) is 17.2. The Morgan fingerprint density at radius 1 is 0.854 bits per heavy atom. The van der Waals surface area contributed by atoms with Gasteiger partial charge in [-0.25, -0.2) is 13.4 Å². The molecule has 6 N–H and O–H groups in total. The number of rotatable bonds is 16. The Labute approximate surface area is 279 Å². The molecule has 0 saturated carbocycles. The number of aliphatic hydroxyl groups excluding tert-OH is 1. The number of hydrogen-bond donors (Lipinski definition) is 5. The third kappa shape index (κ3) is 9.69. The van der Waals surface area contributed by atoms with Gasteiger partial charge >= 0.3 is 0 Å². The Morgan fingerprint density at radius 3 is 2.27 bits per heavy atom. The van der Waals surface area contributed by atoms with E-state index in [1.54, 1.807) is 54.6 Å². The van der Waals surface area contributed by atoms with Crippen molar-refractivity contribution < 1.29 is 32.7 Å². The molecule has 48 heavy (non-hydrogen) atoms. The summed E-state index contributed by atoms with van der Waals surface area (Å²) in [7, 11) is -4.27. The van der Waals surface area contributed by atoms with Crippen molar-refractivity contribution >= 4 is 44.4 Å². The van der Waals surface area contributed by atoms with Crippen LogP contribution < -0.4 is 21.7 Å². The largest absolute Gasteiger partial charge is 0.390 e. The molecule has 3 atom stereocenters. The number of amides is 4. The molecule has 0 aliphatic rings. The quantitative estimate of drug-likeness (QED) is 0.112. The number of aliphatic hydroxyl groups is 1. The number of pyridine rings is 1. The first-order chi connectivity index (χ1) is 23.0. The predicted molar refractivity (Wildman–Crippen MR) is 181 cm³/mol. The molecule has 0 bridgehead atoms. The van der Waals surface area contributed by atoms with Crippen molar-refractivity contribution in [1.29, 1.82) is 0 Å². The third-order valence-corrected chi connectivity index (χ3v) is 9.43. The van der Waals surface area contributed by atoms with Gasteiger partial charge in [0.25, 0.3) is 11.8 Å². The highest BCUT2D eigenvalue weighted by Gasteiger charge is 2.33. The minimum Gasteiger partial charge on any atom is -0.390 e. The highest BCUT2D eigenvalue weighted by atomic mass is 32.2. The number of primary amides is 1. The summed E-state index contributed by atoms with van der Waals surface area (Å²) >= 11 is 0. The Hall–Kier alpha value is -5.14. The maximum absolute atomic E-state index is 13.6. The van der Waals surface area contributed by atoms with Gasteiger partial charge in [-0.1, -0.05) is 80.1 Å². The van der Waals surface area contributed by atoms with Crippen molar-refractivity contribution in [2.75, 3.05) is 12.3 Å². The molecule has 252 valence electrons. The van der Waals surface area contributed by atoms with Gasteiger partial charge in [0.1, 0.15) is 11.7 Å². The molecule has 1 aromatic heterocycles. The molecule has 0 radical (unpaired) electrons. The van der Waals surface area contributed by atoms with E-state index in [4.69, 9.17) is 5.73 Å². The second-order valence-corrected chi connectivity index (χ2v) is 13.3. The summed E-state index contributed by atoms with van der Waals surface area (Å²) < 4.78 is 27.3. The fourth-order valence-corrected chi connectivity index (χ4v) is 6.74. The Balaban J connectivity index is 1.57. The third-order valence-electron chi connectivity index (χ3n) is 7.62. The van der Waals surface area contributed by atoms with Crippen molar-refractivity contribution in [2.24, 2.45) is 5.73 Å². The molecule has 4 aromatic rings. The number of unbranched alkanes of at least 4 members (excludes halogenated alkanes) is 1. The summed E-state index contributed by atoms with van der Waals surface area (Å²) in [5, 5.41) is 20.0. The van der Waals surface area contributed by atoms with E-state index in [1.165, 1.54) is 24.3 Å². The molecule has 13 heteroatoms. The van der Waals surface area contributed by atoms with Crippen molar-refractivity contribution in [3.05, 3.63) is 108 Å². The van der Waals surface area contributed by atoms with Crippen LogP contribution in [0.25, 0.3) is 10.9 Å². The van der Waals surface area contributed by atoms with Crippen molar-refractivity contribution in [3.8, 4) is 0 Å². The van der Waals surface area contributed by atoms with Gasteiger partial charge in [-0.15, -0.1) is 0 Å². The van der Waals surface area contributed by atoms with E-state index < -0.39 is 63.8 Å². The van der Waals surface area contributed by atoms with Crippen LogP contribution in [0, 0.1) is 0 Å². The fourth-order valence-electron chi connectivity index (χ4n) is 5.10. The van der Waals surface area contributed by atoms with Crippen LogP contribution in [0.5, 0.6) is 0 Å². The number of para-hydroxylation sites is 1. The highest BCUT2D eigenvalue weighted by Crippen LogP contribution is 2.20. The van der Waals surface area contributed by atoms with Gasteiger partial charge in [-0.05, 0) is 42.7 Å². The SMILES string of the molecule is CCCCNC(=O)c1ccccc1S(=O)(=O)C[C@H](O)[C@H](Cc1ccccc1)NC(=O)[C@H](CC(N)=O)NC(=O)c1ccc2ccccc2n1. The number of aromatic nitrogens is 1. The zero-order valence-corrected chi connectivity index (χ0v) is 27.3. The lowest BCUT2D eigenvalue weighted by molar-refractivity contribution is -0.128. The van der Waals surface area contributed by atoms with Crippen molar-refractivity contribution in [3.63, 3.8) is 0 Å². The maximum Gasteiger partial charge on any atom is 0.270 e. The van der Waals surface area contributed by atoms with E-state index in [0.29, 0.717) is 17.6 Å². The number of benzene rings is 3. The summed E-state index contributed by atoms with van der Waals surface area (Å²) in [6, 6.07) is 22.1. The second kappa shape index (κ2) is 16.6. The van der Waals surface area contributed by atoms with Gasteiger partial charge in [0, 0.05) is 11.9 Å². The van der Waals surface area contributed by atoms with Crippen molar-refractivity contribution in [1.82, 2.24) is 20.9 Å². The average molecular weight is 674 g/mol. The Kier molecular flexibility index (Phi) is 12.4. The lowest BCUT2D eigenvalue weighted by Gasteiger charge is -2.27. The van der Waals surface area contributed by atoms with E-state index in [9.17, 15) is 32.7 Å². The Bertz CT molecular complexity index is 1870. The van der Waals surface area contributed by atoms with Crippen LogP contribution in [0.15, 0.2) is 95.9 Å². The van der Waals surface area contributed by atoms with Crippen LogP contribution in [0.1, 0.15) is 52.6 Å². The zero-order valence-electron chi connectivity index (χ0n) is 26.5. The summed E-state index contributed by atoms with van der Waals surface area (Å²) in [5.74, 6) is -3.87. The number of fused-ring (bicyclic) bond motifs is 1. The number of hydrogen-bond acceptors (Lipinski definition) is 8. The van der Waals surface area contributed by atoms with Gasteiger partial charge in [-0.2, -0.15) is 0 Å². The molecule has 4 amide bonds. The molecule has 3 aromatic carbocycles. The van der Waals surface area contributed by atoms with Crippen LogP contribution in [0.2, 0.25) is 0 Å². The summed E-state index contributed by atoms with van der Waals surface area (Å²) in [6.07, 6.45) is -0.673. The molecule has 0 unspecified atom stereocenters. The molecule has 0 saturated heterocycles. The zero-order chi connectivity index (χ0) is 34.7. The second-order valence-electron chi connectivity index (χ2n) is 11.3. The van der Waals surface area contributed by atoms with Crippen LogP contribution in [0.3, 0.4) is 0 Å². The number of carbonyl (C=O) groups excluding carboxylic acids is 4. The number of sulfone groups is 1. The Morgan fingerprint density at radius 2 is 1.54 bits per heavy atom. The molecule has 0 fully saturated rings. The normalized spacial score (nSPS) is 13.2. The van der Waals surface area contributed by atoms with E-state index in [0.717, 1.165) is 18.2 Å². The minimum absolute atomic E-state index is 0.000306. The number of nitrogens with one attached hydrogen (secondary N) is 3. The minimum atomic E-state index is -4.27. The van der Waals surface area contributed by atoms with E-state index in [2.05, 4.69) is 20.9 Å². The summed E-state index contributed by atoms with van der Waals surface area (Å²) in [6.45, 7) is 2.33. The van der Waals surface area contributed by atoms with E-state index >= 15 is 0 Å². The van der Waals surface area contributed by atoms with Crippen LogP contribution in [0.4, 0.5) is 0 Å². The van der Waals surface area contributed by atoms with Gasteiger partial charge in [0.05, 0.1) is 40.3 Å². The molecule has 12 nitrogen and oxygen atoms in total. The first-order valence-electron chi connectivity index (χ1n) is 15.6. The lowest BCUT2D eigenvalue weighted by Crippen LogP contribution is -2.55. The monoisotopic (exact) mass is 673 g/mol. The molecule has 1 heterocycles. The number of carbonyl (C=O) groups is 4. The fraction of sp³-hybridized carbons (Fsp3) is 0.286. The molecule has 4 rings (SSSR count). The molecule has 0 aliphatic heterocycles. The number of nitrogens with zero attached hydrogens (tertiary/aromatic N) is 1. The van der Waals surface area contributed by atoms with Gasteiger partial charge in [0.15, 0.2) is 9.84 Å². The van der Waals surface area contributed by atoms with Crippen LogP contribution in [-0.2, 0) is 25.8 Å². The van der Waals surface area contributed by atoms with Gasteiger partial charge in [-0.3, -0.25) is 19.2 Å². The van der Waals surface area contributed by atoms with E-state index in [1.807, 2.05) is 19.1 Å². The van der Waals surface area contributed by atoms with Gasteiger partial charge in [0.2, 0.25) is 11.8 Å². The standard InChI is InChI=1S/C35H39N5O7S/c1-2-3-19-37-33(43)25-14-8-10-16-31(25)48(46,47)22-30(41)28(20-23-11-5-4-6-12-23)39-35(45)29(21-32(36)42)40-34(44)27-18-17-24-13-7-9-15-26(24)38-27/h4-18,28-30,41H,2-3,19-22H2,1H3,(H2,36,42)(H,37,43)(H,39,45)(H,40,44)/t28-,29-,30-/m0/s1. The molecule has 0 aliphatic carbocycles. The maximum atomic E-state index is 13.6.